The largest absolute Gasteiger partial charge is 0.467 e. The Morgan fingerprint density at radius 2 is 1.75 bits per heavy atom. The zero-order valence-corrected chi connectivity index (χ0v) is 12.7. The average Bonchev–Trinajstić information content (AvgIpc) is 2.44. The molecular weight excluding hydrogens is 301 g/mol. The second-order valence-electron chi connectivity index (χ2n) is 3.93. The summed E-state index contributed by atoms with van der Waals surface area (Å²) in [5.74, 6) is 0.691. The highest BCUT2D eigenvalue weighted by Crippen LogP contribution is 2.30. The number of ether oxygens (including phenoxy) is 1. The van der Waals surface area contributed by atoms with Crippen molar-refractivity contribution in [2.75, 3.05) is 24.8 Å². The van der Waals surface area contributed by atoms with Gasteiger partial charge in [-0.15, -0.1) is 0 Å². The van der Waals surface area contributed by atoms with E-state index in [9.17, 15) is 0 Å². The summed E-state index contributed by atoms with van der Waals surface area (Å²) < 4.78 is 5.01. The Morgan fingerprint density at radius 1 is 1.05 bits per heavy atom. The zero-order chi connectivity index (χ0) is 14.7. The third-order valence-corrected chi connectivity index (χ3v) is 3.24. The molecule has 0 saturated carbocycles. The van der Waals surface area contributed by atoms with Gasteiger partial charge in [0, 0.05) is 12.1 Å². The van der Waals surface area contributed by atoms with Crippen LogP contribution in [0.1, 0.15) is 5.56 Å². The molecule has 1 aromatic heterocycles. The average molecular weight is 314 g/mol. The predicted molar refractivity (Wildman–Crippen MR) is 80.4 cm³/mol. The van der Waals surface area contributed by atoms with E-state index in [2.05, 4.69) is 25.6 Å². The Hall–Kier alpha value is -1.79. The summed E-state index contributed by atoms with van der Waals surface area (Å²) in [6, 6.07) is 3.68. The maximum absolute atomic E-state index is 6.16. The van der Waals surface area contributed by atoms with Crippen LogP contribution in [-0.2, 0) is 0 Å². The number of nitrogens with one attached hydrogen (secondary N) is 2. The lowest BCUT2D eigenvalue weighted by atomic mass is 10.2. The minimum Gasteiger partial charge on any atom is -0.467 e. The van der Waals surface area contributed by atoms with Gasteiger partial charge in [0.15, 0.2) is 0 Å². The molecule has 0 fully saturated rings. The molecule has 0 atom stereocenters. The molecule has 0 radical (unpaired) electrons. The number of halogens is 2. The first-order valence-corrected chi connectivity index (χ1v) is 6.49. The van der Waals surface area contributed by atoms with E-state index < -0.39 is 0 Å². The van der Waals surface area contributed by atoms with Crippen LogP contribution in [0.15, 0.2) is 12.1 Å². The Labute approximate surface area is 126 Å². The van der Waals surface area contributed by atoms with Crippen molar-refractivity contribution in [1.29, 1.82) is 0 Å². The van der Waals surface area contributed by atoms with Gasteiger partial charge in [0.25, 0.3) is 0 Å². The molecule has 0 amide bonds. The number of rotatable bonds is 4. The van der Waals surface area contributed by atoms with Crippen molar-refractivity contribution in [1.82, 2.24) is 15.0 Å². The van der Waals surface area contributed by atoms with E-state index in [0.717, 1.165) is 5.56 Å². The predicted octanol–water partition coefficient (Wildman–Crippen LogP) is 3.28. The fourth-order valence-corrected chi connectivity index (χ4v) is 1.91. The van der Waals surface area contributed by atoms with Gasteiger partial charge in [-0.25, -0.2) is 0 Å². The van der Waals surface area contributed by atoms with Gasteiger partial charge in [-0.05, 0) is 24.6 Å². The number of aryl methyl sites for hydroxylation is 1. The first-order chi connectivity index (χ1) is 9.53. The minimum atomic E-state index is 0.196. The van der Waals surface area contributed by atoms with Crippen LogP contribution >= 0.6 is 23.2 Å². The summed E-state index contributed by atoms with van der Waals surface area (Å²) in [6.07, 6.45) is 0. The fraction of sp³-hybridized carbons (Fsp3) is 0.250. The van der Waals surface area contributed by atoms with Gasteiger partial charge in [-0.1, -0.05) is 23.2 Å². The Kier molecular flexibility index (Phi) is 4.46. The molecule has 0 aliphatic heterocycles. The van der Waals surface area contributed by atoms with Crippen molar-refractivity contribution in [2.45, 2.75) is 6.92 Å². The van der Waals surface area contributed by atoms with Crippen molar-refractivity contribution in [2.24, 2.45) is 0 Å². The van der Waals surface area contributed by atoms with Crippen LogP contribution in [0, 0.1) is 6.92 Å². The number of benzene rings is 1. The lowest BCUT2D eigenvalue weighted by Gasteiger charge is -2.10. The quantitative estimate of drug-likeness (QED) is 0.902. The molecule has 2 aromatic rings. The van der Waals surface area contributed by atoms with Crippen molar-refractivity contribution < 1.29 is 4.74 Å². The molecule has 0 saturated heterocycles. The molecule has 2 rings (SSSR count). The zero-order valence-electron chi connectivity index (χ0n) is 11.2. The van der Waals surface area contributed by atoms with Crippen molar-refractivity contribution in [3.8, 4) is 6.01 Å². The van der Waals surface area contributed by atoms with Gasteiger partial charge in [0.2, 0.25) is 11.9 Å². The Bertz CT molecular complexity index is 613. The molecule has 1 aromatic carbocycles. The van der Waals surface area contributed by atoms with Crippen LogP contribution in [-0.4, -0.2) is 29.1 Å². The van der Waals surface area contributed by atoms with Crippen molar-refractivity contribution in [3.05, 3.63) is 27.7 Å². The Morgan fingerprint density at radius 3 is 2.40 bits per heavy atom. The van der Waals surface area contributed by atoms with E-state index in [1.165, 1.54) is 7.11 Å². The lowest BCUT2D eigenvalue weighted by Crippen LogP contribution is -2.05. The van der Waals surface area contributed by atoms with E-state index in [1.807, 2.05) is 6.92 Å². The fourth-order valence-electron chi connectivity index (χ4n) is 1.48. The topological polar surface area (TPSA) is 72.0 Å². The summed E-state index contributed by atoms with van der Waals surface area (Å²) in [5.41, 5.74) is 1.50. The van der Waals surface area contributed by atoms with Gasteiger partial charge in [0.05, 0.1) is 17.8 Å². The molecule has 20 heavy (non-hydrogen) atoms. The molecule has 0 unspecified atom stereocenters. The van der Waals surface area contributed by atoms with Gasteiger partial charge in [-0.2, -0.15) is 15.0 Å². The molecule has 0 aliphatic rings. The third kappa shape index (κ3) is 3.20. The molecule has 0 spiro atoms. The third-order valence-electron chi connectivity index (χ3n) is 2.52. The minimum absolute atomic E-state index is 0.196. The van der Waals surface area contributed by atoms with Gasteiger partial charge in [-0.3, -0.25) is 0 Å². The van der Waals surface area contributed by atoms with Crippen LogP contribution in [0.5, 0.6) is 6.01 Å². The highest BCUT2D eigenvalue weighted by molar-refractivity contribution is 6.35. The molecule has 1 heterocycles. The first kappa shape index (κ1) is 14.6. The SMILES string of the molecule is CNc1nc(Nc2cc(Cl)c(C)cc2Cl)nc(OC)n1. The molecule has 8 heteroatoms. The second kappa shape index (κ2) is 6.11. The summed E-state index contributed by atoms with van der Waals surface area (Å²) in [4.78, 5) is 12.3. The number of hydrogen-bond acceptors (Lipinski definition) is 6. The van der Waals surface area contributed by atoms with Crippen LogP contribution in [0.3, 0.4) is 0 Å². The number of nitrogens with zero attached hydrogens (tertiary/aromatic N) is 3. The number of methoxy groups -OCH3 is 1. The van der Waals surface area contributed by atoms with Crippen molar-refractivity contribution >= 4 is 40.8 Å². The van der Waals surface area contributed by atoms with Crippen LogP contribution in [0.4, 0.5) is 17.6 Å². The monoisotopic (exact) mass is 313 g/mol. The van der Waals surface area contributed by atoms with Crippen LogP contribution < -0.4 is 15.4 Å². The van der Waals surface area contributed by atoms with Gasteiger partial charge >= 0.3 is 6.01 Å². The van der Waals surface area contributed by atoms with E-state index in [-0.39, 0.29) is 6.01 Å². The van der Waals surface area contributed by atoms with E-state index in [1.54, 1.807) is 19.2 Å². The van der Waals surface area contributed by atoms with E-state index >= 15 is 0 Å². The van der Waals surface area contributed by atoms with Crippen molar-refractivity contribution in [3.63, 3.8) is 0 Å². The summed E-state index contributed by atoms with van der Waals surface area (Å²) in [6.45, 7) is 1.88. The number of hydrogen-bond donors (Lipinski definition) is 2. The number of anilines is 3. The second-order valence-corrected chi connectivity index (χ2v) is 4.74. The normalized spacial score (nSPS) is 10.2. The molecular formula is C12H13Cl2N5O. The Balaban J connectivity index is 2.36. The summed E-state index contributed by atoms with van der Waals surface area (Å²) in [7, 11) is 3.18. The highest BCUT2D eigenvalue weighted by atomic mass is 35.5. The van der Waals surface area contributed by atoms with E-state index in [0.29, 0.717) is 27.6 Å². The highest BCUT2D eigenvalue weighted by Gasteiger charge is 2.09. The molecule has 0 bridgehead atoms. The van der Waals surface area contributed by atoms with Gasteiger partial charge in [0.1, 0.15) is 0 Å². The van der Waals surface area contributed by atoms with Gasteiger partial charge < -0.3 is 15.4 Å². The summed E-state index contributed by atoms with van der Waals surface area (Å²) in [5, 5.41) is 6.94. The maximum Gasteiger partial charge on any atom is 0.322 e. The number of aromatic nitrogens is 3. The molecule has 2 N–H and O–H groups in total. The standard InChI is InChI=1S/C12H13Cl2N5O/c1-6-4-8(14)9(5-7(6)13)16-11-17-10(15-2)18-12(19-11)20-3/h4-5H,1-3H3,(H2,15,16,17,18,19). The molecule has 106 valence electrons. The smallest absolute Gasteiger partial charge is 0.322 e. The lowest BCUT2D eigenvalue weighted by molar-refractivity contribution is 0.379. The first-order valence-electron chi connectivity index (χ1n) is 5.74. The summed E-state index contributed by atoms with van der Waals surface area (Å²) >= 11 is 12.2. The molecule has 6 nitrogen and oxygen atoms in total. The van der Waals surface area contributed by atoms with E-state index in [4.69, 9.17) is 27.9 Å². The molecule has 0 aliphatic carbocycles. The van der Waals surface area contributed by atoms with Crippen LogP contribution in [0.25, 0.3) is 0 Å². The maximum atomic E-state index is 6.16. The van der Waals surface area contributed by atoms with Crippen LogP contribution in [0.2, 0.25) is 10.0 Å².